The third-order valence-electron chi connectivity index (χ3n) is 4.66. The molecule has 0 fully saturated rings. The van der Waals surface area contributed by atoms with E-state index in [4.69, 9.17) is 19.3 Å². The van der Waals surface area contributed by atoms with Gasteiger partial charge in [0.25, 0.3) is 0 Å². The van der Waals surface area contributed by atoms with Crippen molar-refractivity contribution in [3.63, 3.8) is 0 Å². The molecule has 30 heavy (non-hydrogen) atoms. The zero-order valence-electron chi connectivity index (χ0n) is 17.0. The second kappa shape index (κ2) is 11.3. The number of carbonyl (C=O) groups excluding carboxylic acids is 1. The van der Waals surface area contributed by atoms with Gasteiger partial charge in [0.05, 0.1) is 40.1 Å². The number of methoxy groups -OCH3 is 1. The van der Waals surface area contributed by atoms with Gasteiger partial charge in [-0.2, -0.15) is 0 Å². The first-order chi connectivity index (χ1) is 14.7. The smallest absolute Gasteiger partial charge is 0.193 e. The van der Waals surface area contributed by atoms with Gasteiger partial charge in [-0.15, -0.1) is 0 Å². The molecule has 3 aromatic carbocycles. The van der Waals surface area contributed by atoms with Crippen LogP contribution in [0, 0.1) is 0 Å². The molecule has 0 saturated heterocycles. The Morgan fingerprint density at radius 3 is 2.17 bits per heavy atom. The van der Waals surface area contributed by atoms with Crippen LogP contribution in [-0.2, 0) is 16.1 Å². The Labute approximate surface area is 176 Å². The van der Waals surface area contributed by atoms with Crippen molar-refractivity contribution in [2.24, 2.45) is 0 Å². The van der Waals surface area contributed by atoms with Crippen molar-refractivity contribution in [1.29, 1.82) is 0 Å². The number of hydrogen-bond acceptors (Lipinski definition) is 5. The van der Waals surface area contributed by atoms with E-state index in [-0.39, 0.29) is 12.4 Å². The standard InChI is InChI=1S/C25H26O5/c1-28-24-12-11-22(17-23(24)18-30-16-15-29-14-13-26)19-7-9-21(10-8-19)25(27)20-5-3-2-4-6-20/h2-12,17,26H,13-16,18H2,1H3. The van der Waals surface area contributed by atoms with Crippen molar-refractivity contribution in [1.82, 2.24) is 0 Å². The molecule has 5 nitrogen and oxygen atoms in total. The molecule has 0 aliphatic heterocycles. The van der Waals surface area contributed by atoms with Crippen LogP contribution in [0.1, 0.15) is 21.5 Å². The molecule has 156 valence electrons. The maximum absolute atomic E-state index is 12.6. The van der Waals surface area contributed by atoms with Crippen LogP contribution in [0.5, 0.6) is 5.75 Å². The zero-order valence-corrected chi connectivity index (χ0v) is 17.0. The Kier molecular flexibility index (Phi) is 8.15. The first-order valence-electron chi connectivity index (χ1n) is 9.86. The summed E-state index contributed by atoms with van der Waals surface area (Å²) in [6.45, 7) is 1.57. The lowest BCUT2D eigenvalue weighted by Gasteiger charge is -2.12. The molecule has 0 spiro atoms. The van der Waals surface area contributed by atoms with E-state index in [2.05, 4.69) is 0 Å². The summed E-state index contributed by atoms with van der Waals surface area (Å²) in [6.07, 6.45) is 0. The summed E-state index contributed by atoms with van der Waals surface area (Å²) < 4.78 is 16.3. The van der Waals surface area contributed by atoms with Crippen LogP contribution in [-0.4, -0.2) is 44.4 Å². The van der Waals surface area contributed by atoms with Crippen LogP contribution in [0.4, 0.5) is 0 Å². The van der Waals surface area contributed by atoms with E-state index >= 15 is 0 Å². The first kappa shape index (κ1) is 21.7. The fourth-order valence-electron chi connectivity index (χ4n) is 3.11. The molecule has 5 heteroatoms. The molecule has 0 saturated carbocycles. The zero-order chi connectivity index (χ0) is 21.2. The van der Waals surface area contributed by atoms with Gasteiger partial charge < -0.3 is 19.3 Å². The first-order valence-corrected chi connectivity index (χ1v) is 9.86. The van der Waals surface area contributed by atoms with Gasteiger partial charge in [0.2, 0.25) is 0 Å². The van der Waals surface area contributed by atoms with E-state index in [1.165, 1.54) is 0 Å². The fraction of sp³-hybridized carbons (Fsp3) is 0.240. The van der Waals surface area contributed by atoms with Crippen LogP contribution in [0.2, 0.25) is 0 Å². The van der Waals surface area contributed by atoms with Gasteiger partial charge >= 0.3 is 0 Å². The number of hydrogen-bond donors (Lipinski definition) is 1. The number of ketones is 1. The largest absolute Gasteiger partial charge is 0.496 e. The summed E-state index contributed by atoms with van der Waals surface area (Å²) in [5, 5.41) is 8.71. The number of rotatable bonds is 11. The number of aliphatic hydroxyl groups is 1. The molecule has 0 bridgehead atoms. The number of carbonyl (C=O) groups is 1. The minimum absolute atomic E-state index is 0.00556. The van der Waals surface area contributed by atoms with E-state index in [0.29, 0.717) is 37.6 Å². The van der Waals surface area contributed by atoms with Gasteiger partial charge in [0.1, 0.15) is 5.75 Å². The van der Waals surface area contributed by atoms with Crippen LogP contribution in [0.25, 0.3) is 11.1 Å². The molecule has 0 aromatic heterocycles. The molecule has 0 atom stereocenters. The second-order valence-electron chi connectivity index (χ2n) is 6.69. The molecule has 3 aromatic rings. The number of benzene rings is 3. The highest BCUT2D eigenvalue weighted by molar-refractivity contribution is 6.09. The lowest BCUT2D eigenvalue weighted by molar-refractivity contribution is 0.0270. The molecular formula is C25H26O5. The van der Waals surface area contributed by atoms with Crippen molar-refractivity contribution >= 4 is 5.78 Å². The van der Waals surface area contributed by atoms with E-state index in [0.717, 1.165) is 22.4 Å². The lowest BCUT2D eigenvalue weighted by atomic mass is 9.98. The monoisotopic (exact) mass is 406 g/mol. The minimum atomic E-state index is 0.00556. The Hall–Kier alpha value is -2.99. The average Bonchev–Trinajstić information content (AvgIpc) is 2.81. The van der Waals surface area contributed by atoms with Gasteiger partial charge in [-0.25, -0.2) is 0 Å². The van der Waals surface area contributed by atoms with Crippen molar-refractivity contribution in [3.05, 3.63) is 89.5 Å². The maximum Gasteiger partial charge on any atom is 0.193 e. The predicted octanol–water partition coefficient (Wildman–Crippen LogP) is 4.12. The van der Waals surface area contributed by atoms with Gasteiger partial charge in [0.15, 0.2) is 5.78 Å². The van der Waals surface area contributed by atoms with Gasteiger partial charge in [-0.1, -0.05) is 60.7 Å². The molecule has 0 unspecified atom stereocenters. The quantitative estimate of drug-likeness (QED) is 0.383. The maximum atomic E-state index is 12.6. The normalized spacial score (nSPS) is 10.7. The molecule has 3 rings (SSSR count). The molecular weight excluding hydrogens is 380 g/mol. The highest BCUT2D eigenvalue weighted by atomic mass is 16.5. The van der Waals surface area contributed by atoms with Crippen LogP contribution in [0.3, 0.4) is 0 Å². The third-order valence-corrected chi connectivity index (χ3v) is 4.66. The summed E-state index contributed by atoms with van der Waals surface area (Å²) in [4.78, 5) is 12.6. The highest BCUT2D eigenvalue weighted by Crippen LogP contribution is 2.28. The summed E-state index contributed by atoms with van der Waals surface area (Å²) in [5.74, 6) is 0.764. The van der Waals surface area contributed by atoms with Crippen molar-refractivity contribution in [2.75, 3.05) is 33.5 Å². The van der Waals surface area contributed by atoms with E-state index in [1.54, 1.807) is 7.11 Å². The predicted molar refractivity (Wildman–Crippen MR) is 116 cm³/mol. The van der Waals surface area contributed by atoms with Crippen molar-refractivity contribution < 1.29 is 24.1 Å². The molecule has 0 radical (unpaired) electrons. The lowest BCUT2D eigenvalue weighted by Crippen LogP contribution is -2.07. The summed E-state index contributed by atoms with van der Waals surface area (Å²) in [5.41, 5.74) is 4.29. The number of aliphatic hydroxyl groups excluding tert-OH is 1. The Morgan fingerprint density at radius 1 is 0.800 bits per heavy atom. The molecule has 1 N–H and O–H groups in total. The molecule has 0 heterocycles. The summed E-state index contributed by atoms with van der Waals surface area (Å²) in [6, 6.07) is 22.8. The topological polar surface area (TPSA) is 65.0 Å². The van der Waals surface area contributed by atoms with Crippen LogP contribution >= 0.6 is 0 Å². The average molecular weight is 406 g/mol. The Morgan fingerprint density at radius 2 is 1.47 bits per heavy atom. The second-order valence-corrected chi connectivity index (χ2v) is 6.69. The minimum Gasteiger partial charge on any atom is -0.496 e. The molecule has 0 aliphatic rings. The Bertz CT molecular complexity index is 936. The number of ether oxygens (including phenoxy) is 3. The van der Waals surface area contributed by atoms with Gasteiger partial charge in [-0.05, 0) is 23.3 Å². The molecule has 0 amide bonds. The fourth-order valence-corrected chi connectivity index (χ4v) is 3.11. The Balaban J connectivity index is 1.70. The molecule has 0 aliphatic carbocycles. The van der Waals surface area contributed by atoms with E-state index in [9.17, 15) is 4.79 Å². The van der Waals surface area contributed by atoms with Crippen molar-refractivity contribution in [2.45, 2.75) is 6.61 Å². The third kappa shape index (κ3) is 5.76. The van der Waals surface area contributed by atoms with Gasteiger partial charge in [-0.3, -0.25) is 4.79 Å². The van der Waals surface area contributed by atoms with E-state index in [1.807, 2.05) is 72.8 Å². The van der Waals surface area contributed by atoms with Crippen molar-refractivity contribution in [3.8, 4) is 16.9 Å². The van der Waals surface area contributed by atoms with Gasteiger partial charge in [0, 0.05) is 16.7 Å². The highest BCUT2D eigenvalue weighted by Gasteiger charge is 2.10. The summed E-state index contributed by atoms with van der Waals surface area (Å²) in [7, 11) is 1.63. The summed E-state index contributed by atoms with van der Waals surface area (Å²) >= 11 is 0. The van der Waals surface area contributed by atoms with Crippen LogP contribution in [0.15, 0.2) is 72.8 Å². The van der Waals surface area contributed by atoms with E-state index < -0.39 is 0 Å². The van der Waals surface area contributed by atoms with Crippen LogP contribution < -0.4 is 4.74 Å². The SMILES string of the molecule is COc1ccc(-c2ccc(C(=O)c3ccccc3)cc2)cc1COCCOCCO.